The molecule has 8 nitrogen and oxygen atoms in total. The lowest BCUT2D eigenvalue weighted by atomic mass is 10.1. The zero-order chi connectivity index (χ0) is 22.5. The number of nitriles is 1. The van der Waals surface area contributed by atoms with E-state index in [1.54, 1.807) is 30.5 Å². The van der Waals surface area contributed by atoms with Crippen molar-refractivity contribution in [1.29, 1.82) is 5.26 Å². The molecule has 1 heterocycles. The van der Waals surface area contributed by atoms with Gasteiger partial charge in [0, 0.05) is 35.5 Å². The highest BCUT2D eigenvalue weighted by molar-refractivity contribution is 7.98. The van der Waals surface area contributed by atoms with Crippen LogP contribution in [0.5, 0.6) is 11.5 Å². The van der Waals surface area contributed by atoms with E-state index in [1.807, 2.05) is 6.07 Å². The first kappa shape index (κ1) is 22.4. The SMILES string of the molecule is COc1cc(NC(=O)[C@H](C)OC(=O)c2cc(C3CC3)nc(SC)c2C#N)cc(OC)c1. The van der Waals surface area contributed by atoms with Gasteiger partial charge in [-0.05, 0) is 32.1 Å². The number of pyridine rings is 1. The molecule has 0 aliphatic heterocycles. The molecule has 3 rings (SSSR count). The molecule has 1 fully saturated rings. The number of rotatable bonds is 8. The fourth-order valence-electron chi connectivity index (χ4n) is 2.95. The zero-order valence-electron chi connectivity index (χ0n) is 17.7. The van der Waals surface area contributed by atoms with Crippen molar-refractivity contribution in [3.8, 4) is 17.6 Å². The van der Waals surface area contributed by atoms with Gasteiger partial charge in [0.1, 0.15) is 22.6 Å². The van der Waals surface area contributed by atoms with Crippen LogP contribution in [-0.4, -0.2) is 43.4 Å². The summed E-state index contributed by atoms with van der Waals surface area (Å²) in [6.45, 7) is 1.47. The molecule has 1 atom stereocenters. The van der Waals surface area contributed by atoms with Crippen molar-refractivity contribution in [3.63, 3.8) is 0 Å². The lowest BCUT2D eigenvalue weighted by Gasteiger charge is -2.16. The average Bonchev–Trinajstić information content (AvgIpc) is 3.63. The number of hydrogen-bond acceptors (Lipinski definition) is 8. The number of aromatic nitrogens is 1. The Morgan fingerprint density at radius 1 is 1.19 bits per heavy atom. The molecule has 1 amide bonds. The number of carbonyl (C=O) groups excluding carboxylic acids is 2. The predicted molar refractivity (Wildman–Crippen MR) is 116 cm³/mol. The van der Waals surface area contributed by atoms with E-state index >= 15 is 0 Å². The third kappa shape index (κ3) is 5.27. The van der Waals surface area contributed by atoms with Crippen molar-refractivity contribution in [2.45, 2.75) is 36.8 Å². The highest BCUT2D eigenvalue weighted by Gasteiger charge is 2.30. The Kier molecular flexibility index (Phi) is 7.02. The quantitative estimate of drug-likeness (QED) is 0.487. The number of esters is 1. The number of amides is 1. The van der Waals surface area contributed by atoms with E-state index in [0.29, 0.717) is 28.1 Å². The van der Waals surface area contributed by atoms with Crippen LogP contribution in [-0.2, 0) is 9.53 Å². The van der Waals surface area contributed by atoms with Crippen LogP contribution in [0, 0.1) is 11.3 Å². The molecule has 0 bridgehead atoms. The summed E-state index contributed by atoms with van der Waals surface area (Å²) < 4.78 is 15.8. The van der Waals surface area contributed by atoms with Gasteiger partial charge < -0.3 is 19.5 Å². The molecular formula is C22H23N3O5S. The van der Waals surface area contributed by atoms with Crippen LogP contribution in [0.2, 0.25) is 0 Å². The summed E-state index contributed by atoms with van der Waals surface area (Å²) in [4.78, 5) is 29.9. The van der Waals surface area contributed by atoms with E-state index in [-0.39, 0.29) is 11.1 Å². The van der Waals surface area contributed by atoms with Gasteiger partial charge in [-0.15, -0.1) is 11.8 Å². The molecule has 162 valence electrons. The van der Waals surface area contributed by atoms with Crippen LogP contribution in [0.15, 0.2) is 29.3 Å². The molecule has 1 N–H and O–H groups in total. The Labute approximate surface area is 184 Å². The van der Waals surface area contributed by atoms with Gasteiger partial charge >= 0.3 is 5.97 Å². The molecule has 1 aromatic carbocycles. The Hall–Kier alpha value is -3.25. The van der Waals surface area contributed by atoms with Gasteiger partial charge in [0.2, 0.25) is 0 Å². The van der Waals surface area contributed by atoms with Crippen LogP contribution in [0.4, 0.5) is 5.69 Å². The highest BCUT2D eigenvalue weighted by atomic mass is 32.2. The van der Waals surface area contributed by atoms with Crippen molar-refractivity contribution in [1.82, 2.24) is 4.98 Å². The van der Waals surface area contributed by atoms with Gasteiger partial charge in [0.25, 0.3) is 5.91 Å². The number of nitrogens with one attached hydrogen (secondary N) is 1. The van der Waals surface area contributed by atoms with E-state index < -0.39 is 18.0 Å². The van der Waals surface area contributed by atoms with Crippen LogP contribution in [0.25, 0.3) is 0 Å². The van der Waals surface area contributed by atoms with Crippen LogP contribution < -0.4 is 14.8 Å². The minimum atomic E-state index is -1.09. The Morgan fingerprint density at radius 2 is 1.84 bits per heavy atom. The van der Waals surface area contributed by atoms with E-state index in [1.165, 1.54) is 32.9 Å². The second kappa shape index (κ2) is 9.71. The van der Waals surface area contributed by atoms with E-state index in [2.05, 4.69) is 10.3 Å². The van der Waals surface area contributed by atoms with Gasteiger partial charge in [-0.25, -0.2) is 9.78 Å². The Bertz CT molecular complexity index is 1020. The fourth-order valence-corrected chi connectivity index (χ4v) is 3.50. The lowest BCUT2D eigenvalue weighted by Crippen LogP contribution is -2.30. The van der Waals surface area contributed by atoms with Crippen molar-refractivity contribution < 1.29 is 23.8 Å². The molecule has 31 heavy (non-hydrogen) atoms. The van der Waals surface area contributed by atoms with Gasteiger partial charge in [0.15, 0.2) is 6.10 Å². The molecule has 1 aliphatic rings. The monoisotopic (exact) mass is 441 g/mol. The van der Waals surface area contributed by atoms with Gasteiger partial charge in [0.05, 0.1) is 25.3 Å². The second-order valence-corrected chi connectivity index (χ2v) is 7.80. The summed E-state index contributed by atoms with van der Waals surface area (Å²) in [6, 6.07) is 8.56. The van der Waals surface area contributed by atoms with Crippen LogP contribution in [0.1, 0.15) is 47.3 Å². The zero-order valence-corrected chi connectivity index (χ0v) is 18.5. The van der Waals surface area contributed by atoms with Crippen molar-refractivity contribution in [2.75, 3.05) is 25.8 Å². The number of benzene rings is 1. The highest BCUT2D eigenvalue weighted by Crippen LogP contribution is 2.40. The third-order valence-electron chi connectivity index (χ3n) is 4.80. The summed E-state index contributed by atoms with van der Waals surface area (Å²) in [5.74, 6) is 0.0543. The first-order valence-corrected chi connectivity index (χ1v) is 10.9. The second-order valence-electron chi connectivity index (χ2n) is 7.00. The number of hydrogen-bond donors (Lipinski definition) is 1. The molecule has 0 radical (unpaired) electrons. The molecule has 0 spiro atoms. The van der Waals surface area contributed by atoms with E-state index in [4.69, 9.17) is 14.2 Å². The number of ether oxygens (including phenoxy) is 3. The summed E-state index contributed by atoms with van der Waals surface area (Å²) in [5, 5.41) is 12.7. The minimum Gasteiger partial charge on any atom is -0.497 e. The third-order valence-corrected chi connectivity index (χ3v) is 5.48. The number of carbonyl (C=O) groups is 2. The molecule has 2 aromatic rings. The maximum absolute atomic E-state index is 12.8. The lowest BCUT2D eigenvalue weighted by molar-refractivity contribution is -0.123. The summed E-state index contributed by atoms with van der Waals surface area (Å²) in [6.07, 6.45) is 2.72. The van der Waals surface area contributed by atoms with Crippen LogP contribution in [0.3, 0.4) is 0 Å². The molecule has 1 aliphatic carbocycles. The summed E-state index contributed by atoms with van der Waals surface area (Å²) in [7, 11) is 3.01. The fraction of sp³-hybridized carbons (Fsp3) is 0.364. The molecular weight excluding hydrogens is 418 g/mol. The number of anilines is 1. The standard InChI is InChI=1S/C22H23N3O5S/c1-12(20(26)24-14-7-15(28-2)9-16(8-14)29-3)30-22(27)17-10-19(13-5-6-13)25-21(31-4)18(17)11-23/h7-10,12-13H,5-6H2,1-4H3,(H,24,26)/t12-/m0/s1. The van der Waals surface area contributed by atoms with Crippen molar-refractivity contribution >= 4 is 29.3 Å². The average molecular weight is 442 g/mol. The largest absolute Gasteiger partial charge is 0.497 e. The first-order chi connectivity index (χ1) is 14.9. The number of thioether (sulfide) groups is 1. The molecule has 0 saturated heterocycles. The normalized spacial score (nSPS) is 13.6. The Morgan fingerprint density at radius 3 is 2.35 bits per heavy atom. The predicted octanol–water partition coefficient (Wildman–Crippen LogP) is 3.75. The smallest absolute Gasteiger partial charge is 0.340 e. The molecule has 9 heteroatoms. The minimum absolute atomic E-state index is 0.131. The maximum atomic E-state index is 12.8. The van der Waals surface area contributed by atoms with Gasteiger partial charge in [-0.1, -0.05) is 0 Å². The van der Waals surface area contributed by atoms with Crippen LogP contribution >= 0.6 is 11.8 Å². The molecule has 1 aromatic heterocycles. The van der Waals surface area contributed by atoms with Gasteiger partial charge in [-0.2, -0.15) is 5.26 Å². The van der Waals surface area contributed by atoms with Gasteiger partial charge in [-0.3, -0.25) is 4.79 Å². The van der Waals surface area contributed by atoms with Crippen molar-refractivity contribution in [2.24, 2.45) is 0 Å². The summed E-state index contributed by atoms with van der Waals surface area (Å²) in [5.41, 5.74) is 1.50. The topological polar surface area (TPSA) is 111 Å². The van der Waals surface area contributed by atoms with Crippen molar-refractivity contribution in [3.05, 3.63) is 41.1 Å². The molecule has 1 saturated carbocycles. The number of methoxy groups -OCH3 is 2. The van der Waals surface area contributed by atoms with E-state index in [9.17, 15) is 14.9 Å². The summed E-state index contributed by atoms with van der Waals surface area (Å²) >= 11 is 1.30. The van der Waals surface area contributed by atoms with E-state index in [0.717, 1.165) is 18.5 Å². The molecule has 0 unspecified atom stereocenters. The Balaban J connectivity index is 1.77. The number of nitrogens with zero attached hydrogens (tertiary/aromatic N) is 2. The maximum Gasteiger partial charge on any atom is 0.340 e. The first-order valence-electron chi connectivity index (χ1n) is 9.64.